The summed E-state index contributed by atoms with van der Waals surface area (Å²) >= 11 is 0. The Kier molecular flexibility index (Phi) is 5.07. The van der Waals surface area contributed by atoms with E-state index in [0.717, 1.165) is 0 Å². The highest BCUT2D eigenvalue weighted by Gasteiger charge is 2.12. The normalized spacial score (nSPS) is 10.8. The van der Waals surface area contributed by atoms with E-state index in [-0.39, 0.29) is 19.8 Å². The number of aliphatic hydroxyl groups excluding tert-OH is 2. The third-order valence-corrected chi connectivity index (χ3v) is 2.06. The molecule has 0 aliphatic heterocycles. The highest BCUT2D eigenvalue weighted by Crippen LogP contribution is 2.15. The molecule has 0 atom stereocenters. The molecule has 1 rings (SSSR count). The maximum Gasteiger partial charge on any atom is 0.255 e. The van der Waals surface area contributed by atoms with Gasteiger partial charge in [-0.25, -0.2) is 8.78 Å². The standard InChI is InChI=1S/C10H14F2N2O2/c11-10(12)6-14(3-4-15)9-1-2-13-8(5-9)7-16/h1-2,5,10,15-16H,3-4,6-7H2. The van der Waals surface area contributed by atoms with Gasteiger partial charge in [0.05, 0.1) is 25.5 Å². The predicted octanol–water partition coefficient (Wildman–Crippen LogP) is 0.638. The number of alkyl halides is 2. The summed E-state index contributed by atoms with van der Waals surface area (Å²) < 4.78 is 24.6. The highest BCUT2D eigenvalue weighted by atomic mass is 19.3. The molecule has 1 aromatic heterocycles. The fourth-order valence-corrected chi connectivity index (χ4v) is 1.36. The van der Waals surface area contributed by atoms with Crippen LogP contribution in [0, 0.1) is 0 Å². The smallest absolute Gasteiger partial charge is 0.255 e. The molecule has 16 heavy (non-hydrogen) atoms. The van der Waals surface area contributed by atoms with Crippen LogP contribution in [0.1, 0.15) is 5.69 Å². The van der Waals surface area contributed by atoms with E-state index >= 15 is 0 Å². The number of halogens is 2. The van der Waals surface area contributed by atoms with E-state index in [0.29, 0.717) is 11.4 Å². The summed E-state index contributed by atoms with van der Waals surface area (Å²) in [4.78, 5) is 5.21. The number of pyridine rings is 1. The van der Waals surface area contributed by atoms with Gasteiger partial charge in [-0.1, -0.05) is 0 Å². The molecular formula is C10H14F2N2O2. The summed E-state index contributed by atoms with van der Waals surface area (Å²) in [5, 5.41) is 17.7. The molecule has 0 spiro atoms. The van der Waals surface area contributed by atoms with E-state index < -0.39 is 13.0 Å². The summed E-state index contributed by atoms with van der Waals surface area (Å²) in [5.41, 5.74) is 0.933. The SMILES string of the molecule is OCCN(CC(F)F)c1ccnc(CO)c1. The van der Waals surface area contributed by atoms with Crippen LogP contribution < -0.4 is 4.90 Å². The van der Waals surface area contributed by atoms with E-state index in [9.17, 15) is 8.78 Å². The van der Waals surface area contributed by atoms with E-state index in [2.05, 4.69) is 4.98 Å². The lowest BCUT2D eigenvalue weighted by atomic mass is 10.3. The molecule has 4 nitrogen and oxygen atoms in total. The van der Waals surface area contributed by atoms with Crippen molar-refractivity contribution in [1.29, 1.82) is 0 Å². The number of aliphatic hydroxyl groups is 2. The number of hydrogen-bond acceptors (Lipinski definition) is 4. The second-order valence-electron chi connectivity index (χ2n) is 3.22. The molecule has 0 fully saturated rings. The summed E-state index contributed by atoms with van der Waals surface area (Å²) in [6.45, 7) is -0.770. The largest absolute Gasteiger partial charge is 0.395 e. The zero-order chi connectivity index (χ0) is 12.0. The molecule has 0 unspecified atom stereocenters. The number of aromatic nitrogens is 1. The third kappa shape index (κ3) is 3.71. The molecule has 0 aromatic carbocycles. The molecule has 2 N–H and O–H groups in total. The maximum absolute atomic E-state index is 12.3. The van der Waals surface area contributed by atoms with E-state index in [1.807, 2.05) is 0 Å². The van der Waals surface area contributed by atoms with Crippen LogP contribution in [0.25, 0.3) is 0 Å². The Morgan fingerprint density at radius 1 is 1.38 bits per heavy atom. The van der Waals surface area contributed by atoms with Gasteiger partial charge >= 0.3 is 0 Å². The molecule has 0 saturated heterocycles. The van der Waals surface area contributed by atoms with Crippen molar-refractivity contribution in [3.8, 4) is 0 Å². The van der Waals surface area contributed by atoms with Crippen molar-refractivity contribution in [2.75, 3.05) is 24.6 Å². The monoisotopic (exact) mass is 232 g/mol. The number of nitrogens with zero attached hydrogens (tertiary/aromatic N) is 2. The molecule has 0 saturated carbocycles. The molecule has 0 aliphatic rings. The Labute approximate surface area is 92.2 Å². The first kappa shape index (κ1) is 12.8. The predicted molar refractivity (Wildman–Crippen MR) is 55.5 cm³/mol. The van der Waals surface area contributed by atoms with Crippen LogP contribution in [-0.4, -0.2) is 41.3 Å². The molecule has 0 amide bonds. The molecule has 1 aromatic rings. The molecule has 6 heteroatoms. The lowest BCUT2D eigenvalue weighted by molar-refractivity contribution is 0.153. The quantitative estimate of drug-likeness (QED) is 0.755. The Morgan fingerprint density at radius 2 is 2.12 bits per heavy atom. The average Bonchev–Trinajstić information content (AvgIpc) is 2.28. The molecular weight excluding hydrogens is 218 g/mol. The minimum absolute atomic E-state index is 0.124. The van der Waals surface area contributed by atoms with Crippen LogP contribution >= 0.6 is 0 Å². The van der Waals surface area contributed by atoms with Crippen LogP contribution in [-0.2, 0) is 6.61 Å². The second-order valence-corrected chi connectivity index (χ2v) is 3.22. The summed E-state index contributed by atoms with van der Waals surface area (Å²) in [6, 6.07) is 3.09. The molecule has 0 bridgehead atoms. The van der Waals surface area contributed by atoms with Crippen LogP contribution in [0.2, 0.25) is 0 Å². The van der Waals surface area contributed by atoms with Crippen molar-refractivity contribution in [3.05, 3.63) is 24.0 Å². The molecule has 1 heterocycles. The first-order valence-electron chi connectivity index (χ1n) is 4.87. The zero-order valence-electron chi connectivity index (χ0n) is 8.68. The minimum Gasteiger partial charge on any atom is -0.395 e. The first-order valence-corrected chi connectivity index (χ1v) is 4.87. The minimum atomic E-state index is -2.47. The average molecular weight is 232 g/mol. The van der Waals surface area contributed by atoms with Crippen molar-refractivity contribution in [2.24, 2.45) is 0 Å². The Hall–Kier alpha value is -1.27. The van der Waals surface area contributed by atoms with Crippen molar-refractivity contribution in [3.63, 3.8) is 0 Å². The van der Waals surface area contributed by atoms with Gasteiger partial charge in [-0.3, -0.25) is 4.98 Å². The lowest BCUT2D eigenvalue weighted by Crippen LogP contribution is -2.31. The van der Waals surface area contributed by atoms with Crippen LogP contribution in [0.3, 0.4) is 0 Å². The van der Waals surface area contributed by atoms with E-state index in [4.69, 9.17) is 10.2 Å². The lowest BCUT2D eigenvalue weighted by Gasteiger charge is -2.23. The summed E-state index contributed by atoms with van der Waals surface area (Å²) in [5.74, 6) is 0. The van der Waals surface area contributed by atoms with Crippen LogP contribution in [0.15, 0.2) is 18.3 Å². The van der Waals surface area contributed by atoms with E-state index in [1.54, 1.807) is 6.07 Å². The number of anilines is 1. The fraction of sp³-hybridized carbons (Fsp3) is 0.500. The Bertz CT molecular complexity index is 323. The van der Waals surface area contributed by atoms with Crippen molar-refractivity contribution < 1.29 is 19.0 Å². The number of hydrogen-bond donors (Lipinski definition) is 2. The van der Waals surface area contributed by atoms with Crippen molar-refractivity contribution in [1.82, 2.24) is 4.98 Å². The van der Waals surface area contributed by atoms with Gasteiger partial charge in [-0.05, 0) is 12.1 Å². The van der Waals surface area contributed by atoms with Gasteiger partial charge in [0.2, 0.25) is 0 Å². The molecule has 90 valence electrons. The number of rotatable bonds is 6. The first-order chi connectivity index (χ1) is 7.67. The third-order valence-electron chi connectivity index (χ3n) is 2.06. The van der Waals surface area contributed by atoms with Crippen LogP contribution in [0.4, 0.5) is 14.5 Å². The van der Waals surface area contributed by atoms with Gasteiger partial charge in [0, 0.05) is 18.4 Å². The fourth-order valence-electron chi connectivity index (χ4n) is 1.36. The van der Waals surface area contributed by atoms with Crippen molar-refractivity contribution in [2.45, 2.75) is 13.0 Å². The van der Waals surface area contributed by atoms with Gasteiger partial charge in [0.15, 0.2) is 0 Å². The molecule has 0 aliphatic carbocycles. The zero-order valence-corrected chi connectivity index (χ0v) is 8.68. The van der Waals surface area contributed by atoms with Crippen LogP contribution in [0.5, 0.6) is 0 Å². The summed E-state index contributed by atoms with van der Waals surface area (Å²) in [6.07, 6.45) is -1.03. The van der Waals surface area contributed by atoms with Gasteiger partial charge in [-0.2, -0.15) is 0 Å². The Morgan fingerprint density at radius 3 is 2.69 bits per heavy atom. The topological polar surface area (TPSA) is 56.6 Å². The van der Waals surface area contributed by atoms with Gasteiger partial charge in [0.1, 0.15) is 0 Å². The maximum atomic E-state index is 12.3. The van der Waals surface area contributed by atoms with Gasteiger partial charge in [-0.15, -0.1) is 0 Å². The Balaban J connectivity index is 2.82. The second kappa shape index (κ2) is 6.34. The van der Waals surface area contributed by atoms with Gasteiger partial charge in [0.25, 0.3) is 6.43 Å². The van der Waals surface area contributed by atoms with Gasteiger partial charge < -0.3 is 15.1 Å². The molecule has 0 radical (unpaired) electrons. The van der Waals surface area contributed by atoms with E-state index in [1.165, 1.54) is 17.2 Å². The summed E-state index contributed by atoms with van der Waals surface area (Å²) in [7, 11) is 0. The highest BCUT2D eigenvalue weighted by molar-refractivity contribution is 5.46. The van der Waals surface area contributed by atoms with Crippen molar-refractivity contribution >= 4 is 5.69 Å².